The second kappa shape index (κ2) is 5.97. The maximum absolute atomic E-state index is 12.5. The van der Waals surface area contributed by atoms with E-state index in [1.165, 1.54) is 0 Å². The van der Waals surface area contributed by atoms with Crippen LogP contribution in [0.3, 0.4) is 0 Å². The van der Waals surface area contributed by atoms with E-state index in [9.17, 15) is 4.21 Å². The Morgan fingerprint density at radius 1 is 1.45 bits per heavy atom. The normalized spacial score (nSPS) is 12.6. The first kappa shape index (κ1) is 15.1. The van der Waals surface area contributed by atoms with E-state index in [-0.39, 0.29) is 0 Å². The summed E-state index contributed by atoms with van der Waals surface area (Å²) in [6.45, 7) is 3.91. The van der Waals surface area contributed by atoms with Crippen LogP contribution in [-0.2, 0) is 30.0 Å². The molecule has 1 atom stereocenters. The number of halogens is 1. The van der Waals surface area contributed by atoms with Crippen LogP contribution >= 0.6 is 11.6 Å². The van der Waals surface area contributed by atoms with Gasteiger partial charge in [0, 0.05) is 17.6 Å². The Morgan fingerprint density at radius 2 is 2.15 bits per heavy atom. The molecule has 0 saturated heterocycles. The first-order valence-corrected chi connectivity index (χ1v) is 8.08. The number of anilines is 1. The number of hydrogen-bond acceptors (Lipinski definition) is 3. The van der Waals surface area contributed by atoms with Gasteiger partial charge in [-0.2, -0.15) is 5.10 Å². The number of rotatable bonds is 4. The van der Waals surface area contributed by atoms with Crippen LogP contribution in [0.15, 0.2) is 23.1 Å². The van der Waals surface area contributed by atoms with Crippen molar-refractivity contribution in [1.82, 2.24) is 9.78 Å². The molecule has 0 fully saturated rings. The van der Waals surface area contributed by atoms with Gasteiger partial charge in [0.2, 0.25) is 0 Å². The molecule has 0 radical (unpaired) electrons. The molecular formula is C14H18ClN3OS. The number of hydrogen-bond donors (Lipinski definition) is 1. The summed E-state index contributed by atoms with van der Waals surface area (Å²) < 4.78 is 14.2. The van der Waals surface area contributed by atoms with Crippen LogP contribution < -0.4 is 5.73 Å². The summed E-state index contributed by atoms with van der Waals surface area (Å²) in [5, 5.41) is 4.96. The molecule has 0 saturated carbocycles. The lowest BCUT2D eigenvalue weighted by molar-refractivity contribution is 0.675. The van der Waals surface area contributed by atoms with Gasteiger partial charge in [0.05, 0.1) is 33.0 Å². The Labute approximate surface area is 126 Å². The van der Waals surface area contributed by atoms with Crippen LogP contribution in [0.5, 0.6) is 0 Å². The number of aromatic nitrogens is 2. The van der Waals surface area contributed by atoms with Gasteiger partial charge in [0.1, 0.15) is 0 Å². The number of benzene rings is 1. The molecule has 2 aromatic rings. The Balaban J connectivity index is 2.30. The van der Waals surface area contributed by atoms with E-state index in [0.29, 0.717) is 16.5 Å². The molecule has 108 valence electrons. The lowest BCUT2D eigenvalue weighted by atomic mass is 10.2. The molecule has 0 bridgehead atoms. The molecule has 0 spiro atoms. The van der Waals surface area contributed by atoms with Crippen molar-refractivity contribution in [2.24, 2.45) is 7.05 Å². The van der Waals surface area contributed by atoms with E-state index in [0.717, 1.165) is 28.3 Å². The standard InChI is InChI=1S/C14H18ClN3OS/c1-4-11-14(15)12(18(3)17-11)8-20(19)13-6-5-10(16)7-9(13)2/h5-7H,4,8,16H2,1-3H3. The molecule has 1 heterocycles. The van der Waals surface area contributed by atoms with Crippen molar-refractivity contribution in [3.8, 4) is 0 Å². The monoisotopic (exact) mass is 311 g/mol. The second-order valence-electron chi connectivity index (χ2n) is 4.70. The van der Waals surface area contributed by atoms with Gasteiger partial charge >= 0.3 is 0 Å². The highest BCUT2D eigenvalue weighted by Crippen LogP contribution is 2.25. The zero-order valence-electron chi connectivity index (χ0n) is 11.8. The fraction of sp³-hybridized carbons (Fsp3) is 0.357. The molecule has 1 aromatic heterocycles. The third kappa shape index (κ3) is 2.88. The molecule has 1 aromatic carbocycles. The van der Waals surface area contributed by atoms with Crippen LogP contribution in [0, 0.1) is 6.92 Å². The summed E-state index contributed by atoms with van der Waals surface area (Å²) in [6, 6.07) is 5.41. The predicted octanol–water partition coefficient (Wildman–Crippen LogP) is 2.83. The van der Waals surface area contributed by atoms with E-state index >= 15 is 0 Å². The molecule has 20 heavy (non-hydrogen) atoms. The van der Waals surface area contributed by atoms with Gasteiger partial charge in [-0.05, 0) is 37.1 Å². The van der Waals surface area contributed by atoms with Crippen molar-refractivity contribution in [2.45, 2.75) is 30.9 Å². The zero-order valence-corrected chi connectivity index (χ0v) is 13.4. The van der Waals surface area contributed by atoms with E-state index in [2.05, 4.69) is 5.10 Å². The Bertz CT molecular complexity index is 667. The first-order valence-electron chi connectivity index (χ1n) is 6.38. The number of nitrogens with two attached hydrogens (primary N) is 1. The van der Waals surface area contributed by atoms with Gasteiger partial charge in [-0.15, -0.1) is 0 Å². The third-order valence-corrected chi connectivity index (χ3v) is 5.14. The lowest BCUT2D eigenvalue weighted by Crippen LogP contribution is -2.05. The molecule has 1 unspecified atom stereocenters. The molecular weight excluding hydrogens is 294 g/mol. The third-order valence-electron chi connectivity index (χ3n) is 3.22. The molecule has 0 amide bonds. The van der Waals surface area contributed by atoms with Crippen LogP contribution in [0.4, 0.5) is 5.69 Å². The number of nitrogen functional groups attached to an aromatic ring is 1. The van der Waals surface area contributed by atoms with E-state index in [4.69, 9.17) is 17.3 Å². The number of aryl methyl sites for hydroxylation is 3. The predicted molar refractivity (Wildman–Crippen MR) is 83.3 cm³/mol. The average molecular weight is 312 g/mol. The fourth-order valence-electron chi connectivity index (χ4n) is 2.11. The molecule has 0 aliphatic rings. The lowest BCUT2D eigenvalue weighted by Gasteiger charge is -2.07. The molecule has 2 rings (SSSR count). The molecule has 4 nitrogen and oxygen atoms in total. The van der Waals surface area contributed by atoms with Crippen LogP contribution in [-0.4, -0.2) is 14.0 Å². The maximum Gasteiger partial charge on any atom is 0.0859 e. The minimum absolute atomic E-state index is 0.354. The Kier molecular flexibility index (Phi) is 4.50. The minimum atomic E-state index is -1.16. The molecule has 2 N–H and O–H groups in total. The quantitative estimate of drug-likeness (QED) is 0.883. The van der Waals surface area contributed by atoms with Crippen LogP contribution in [0.2, 0.25) is 5.02 Å². The first-order chi connectivity index (χ1) is 9.43. The van der Waals surface area contributed by atoms with Gasteiger partial charge in [-0.1, -0.05) is 18.5 Å². The summed E-state index contributed by atoms with van der Waals surface area (Å²) in [6.07, 6.45) is 0.764. The minimum Gasteiger partial charge on any atom is -0.399 e. The molecule has 6 heteroatoms. The van der Waals surface area contributed by atoms with Crippen molar-refractivity contribution < 1.29 is 4.21 Å². The van der Waals surface area contributed by atoms with Crippen molar-refractivity contribution in [1.29, 1.82) is 0 Å². The van der Waals surface area contributed by atoms with E-state index in [1.807, 2.05) is 33.0 Å². The van der Waals surface area contributed by atoms with Gasteiger partial charge in [-0.3, -0.25) is 8.89 Å². The summed E-state index contributed by atoms with van der Waals surface area (Å²) in [7, 11) is 0.663. The van der Waals surface area contributed by atoms with Gasteiger partial charge in [-0.25, -0.2) is 0 Å². The van der Waals surface area contributed by atoms with Gasteiger partial charge in [0.15, 0.2) is 0 Å². The van der Waals surface area contributed by atoms with Crippen molar-refractivity contribution in [3.63, 3.8) is 0 Å². The van der Waals surface area contributed by atoms with Crippen molar-refractivity contribution >= 4 is 28.1 Å². The average Bonchev–Trinajstić information content (AvgIpc) is 2.66. The summed E-state index contributed by atoms with van der Waals surface area (Å²) >= 11 is 6.29. The summed E-state index contributed by atoms with van der Waals surface area (Å²) in [4.78, 5) is 0.787. The van der Waals surface area contributed by atoms with Crippen LogP contribution in [0.25, 0.3) is 0 Å². The van der Waals surface area contributed by atoms with Gasteiger partial charge in [0.25, 0.3) is 0 Å². The van der Waals surface area contributed by atoms with Crippen molar-refractivity contribution in [3.05, 3.63) is 40.2 Å². The number of nitrogens with zero attached hydrogens (tertiary/aromatic N) is 2. The SMILES string of the molecule is CCc1nn(C)c(CS(=O)c2ccc(N)cc2C)c1Cl. The van der Waals surface area contributed by atoms with Crippen LogP contribution in [0.1, 0.15) is 23.9 Å². The highest BCUT2D eigenvalue weighted by Gasteiger charge is 2.17. The summed E-state index contributed by atoms with van der Waals surface area (Å²) in [5.41, 5.74) is 8.97. The Hall–Kier alpha value is -1.33. The molecule has 0 aliphatic carbocycles. The van der Waals surface area contributed by atoms with Crippen molar-refractivity contribution in [2.75, 3.05) is 5.73 Å². The smallest absolute Gasteiger partial charge is 0.0859 e. The topological polar surface area (TPSA) is 60.9 Å². The zero-order chi connectivity index (χ0) is 14.9. The molecule has 0 aliphatic heterocycles. The Morgan fingerprint density at radius 3 is 2.70 bits per heavy atom. The highest BCUT2D eigenvalue weighted by molar-refractivity contribution is 7.84. The van der Waals surface area contributed by atoms with E-state index < -0.39 is 10.8 Å². The summed E-state index contributed by atoms with van der Waals surface area (Å²) in [5.74, 6) is 0.354. The second-order valence-corrected chi connectivity index (χ2v) is 6.50. The maximum atomic E-state index is 12.5. The fourth-order valence-corrected chi connectivity index (χ4v) is 3.92. The largest absolute Gasteiger partial charge is 0.399 e. The van der Waals surface area contributed by atoms with Gasteiger partial charge < -0.3 is 5.73 Å². The highest BCUT2D eigenvalue weighted by atomic mass is 35.5. The van der Waals surface area contributed by atoms with E-state index in [1.54, 1.807) is 10.7 Å².